The molecule has 1 aliphatic heterocycles. The van der Waals surface area contributed by atoms with Crippen LogP contribution in [0.5, 0.6) is 5.75 Å². The van der Waals surface area contributed by atoms with E-state index in [0.717, 1.165) is 16.8 Å². The highest BCUT2D eigenvalue weighted by molar-refractivity contribution is 6.46. The molecular formula is C23H33BN4O4. The summed E-state index contributed by atoms with van der Waals surface area (Å²) in [4.78, 5) is 17.6. The molecule has 32 heavy (non-hydrogen) atoms. The van der Waals surface area contributed by atoms with Crippen LogP contribution in [-0.4, -0.2) is 65.9 Å². The molecule has 0 radical (unpaired) electrons. The Labute approximate surface area is 190 Å². The molecule has 8 nitrogen and oxygen atoms in total. The Morgan fingerprint density at radius 3 is 2.66 bits per heavy atom. The van der Waals surface area contributed by atoms with Crippen LogP contribution in [0.2, 0.25) is 0 Å². The molecular weight excluding hydrogens is 407 g/mol. The van der Waals surface area contributed by atoms with Crippen LogP contribution in [0.3, 0.4) is 0 Å². The monoisotopic (exact) mass is 440 g/mol. The first-order valence-corrected chi connectivity index (χ1v) is 11.1. The molecule has 2 aromatic rings. The van der Waals surface area contributed by atoms with Crippen LogP contribution >= 0.6 is 0 Å². The molecule has 0 saturated carbocycles. The molecule has 0 spiro atoms. The van der Waals surface area contributed by atoms with Gasteiger partial charge in [-0.25, -0.2) is 9.97 Å². The van der Waals surface area contributed by atoms with Crippen LogP contribution in [0.4, 0.5) is 0 Å². The summed E-state index contributed by atoms with van der Waals surface area (Å²) < 4.78 is 5.81. The van der Waals surface area contributed by atoms with Gasteiger partial charge in [-0.3, -0.25) is 0 Å². The van der Waals surface area contributed by atoms with Crippen LogP contribution in [0.15, 0.2) is 24.3 Å². The van der Waals surface area contributed by atoms with Crippen molar-refractivity contribution in [3.63, 3.8) is 0 Å². The van der Waals surface area contributed by atoms with Crippen LogP contribution in [0.25, 0.3) is 0 Å². The summed E-state index contributed by atoms with van der Waals surface area (Å²) in [6.07, 6.45) is 1.76. The summed E-state index contributed by atoms with van der Waals surface area (Å²) in [5.74, 6) is 1.35. The SMILES string of the molecule is COC1Cc2nc(CN(C)C)nc(C3(B(O)O)CNOc4ccccc4C3)c2CC1(C)C. The number of rotatable bonds is 5. The number of ether oxygens (including phenoxy) is 1. The summed E-state index contributed by atoms with van der Waals surface area (Å²) in [6.45, 7) is 5.11. The lowest BCUT2D eigenvalue weighted by Crippen LogP contribution is -2.54. The van der Waals surface area contributed by atoms with Gasteiger partial charge in [-0.1, -0.05) is 32.0 Å². The topological polar surface area (TPSA) is 100.0 Å². The first-order valence-electron chi connectivity index (χ1n) is 11.1. The third-order valence-corrected chi connectivity index (χ3v) is 6.78. The lowest BCUT2D eigenvalue weighted by atomic mass is 9.52. The Morgan fingerprint density at radius 2 is 1.97 bits per heavy atom. The van der Waals surface area contributed by atoms with Crippen molar-refractivity contribution >= 4 is 7.12 Å². The molecule has 3 N–H and O–H groups in total. The minimum Gasteiger partial charge on any atom is -0.426 e. The maximum absolute atomic E-state index is 10.8. The molecule has 0 bridgehead atoms. The van der Waals surface area contributed by atoms with E-state index in [0.29, 0.717) is 43.1 Å². The number of benzene rings is 1. The summed E-state index contributed by atoms with van der Waals surface area (Å²) in [5, 5.41) is 20.5. The average molecular weight is 440 g/mol. The smallest absolute Gasteiger partial charge is 0.426 e. The van der Waals surface area contributed by atoms with Crippen molar-refractivity contribution in [3.8, 4) is 5.75 Å². The van der Waals surface area contributed by atoms with E-state index >= 15 is 0 Å². The van der Waals surface area contributed by atoms with E-state index in [1.54, 1.807) is 7.11 Å². The van der Waals surface area contributed by atoms with E-state index in [1.165, 1.54) is 0 Å². The van der Waals surface area contributed by atoms with Gasteiger partial charge in [0.05, 0.1) is 29.4 Å². The van der Waals surface area contributed by atoms with Crippen molar-refractivity contribution in [2.45, 2.75) is 51.1 Å². The zero-order chi connectivity index (χ0) is 23.1. The maximum Gasteiger partial charge on any atom is 0.466 e. The van der Waals surface area contributed by atoms with E-state index in [2.05, 4.69) is 19.3 Å². The Bertz CT molecular complexity index is 984. The van der Waals surface area contributed by atoms with Crippen molar-refractivity contribution in [2.75, 3.05) is 27.7 Å². The van der Waals surface area contributed by atoms with Gasteiger partial charge >= 0.3 is 7.12 Å². The molecule has 0 saturated heterocycles. The van der Waals surface area contributed by atoms with E-state index in [1.807, 2.05) is 43.3 Å². The minimum absolute atomic E-state index is 0.0243. The van der Waals surface area contributed by atoms with E-state index in [9.17, 15) is 10.0 Å². The number of nitrogens with one attached hydrogen (secondary N) is 1. The molecule has 1 aliphatic carbocycles. The van der Waals surface area contributed by atoms with Gasteiger partial charge in [-0.2, -0.15) is 5.48 Å². The molecule has 2 atom stereocenters. The highest BCUT2D eigenvalue weighted by atomic mass is 16.6. The van der Waals surface area contributed by atoms with Gasteiger partial charge in [0.2, 0.25) is 0 Å². The number of para-hydroxylation sites is 1. The van der Waals surface area contributed by atoms with Crippen LogP contribution in [0.1, 0.15) is 42.2 Å². The van der Waals surface area contributed by atoms with E-state index in [-0.39, 0.29) is 18.1 Å². The third-order valence-electron chi connectivity index (χ3n) is 6.78. The molecule has 0 amide bonds. The van der Waals surface area contributed by atoms with Crippen molar-refractivity contribution in [3.05, 3.63) is 52.6 Å². The van der Waals surface area contributed by atoms with Crippen LogP contribution in [-0.2, 0) is 35.9 Å². The molecule has 4 rings (SSSR count). The largest absolute Gasteiger partial charge is 0.466 e. The maximum atomic E-state index is 10.8. The number of nitrogens with zero attached hydrogens (tertiary/aromatic N) is 3. The second-order valence-corrected chi connectivity index (χ2v) is 9.98. The first kappa shape index (κ1) is 23.1. The number of fused-ring (bicyclic) bond motifs is 2. The zero-order valence-electron chi connectivity index (χ0n) is 19.6. The Kier molecular flexibility index (Phi) is 6.30. The van der Waals surface area contributed by atoms with Crippen molar-refractivity contribution in [2.24, 2.45) is 5.41 Å². The Hall–Kier alpha value is -2.04. The molecule has 0 fully saturated rings. The van der Waals surface area contributed by atoms with Crippen LogP contribution < -0.4 is 10.3 Å². The molecule has 2 unspecified atom stereocenters. The lowest BCUT2D eigenvalue weighted by Gasteiger charge is -2.41. The fourth-order valence-corrected chi connectivity index (χ4v) is 4.99. The first-order chi connectivity index (χ1) is 15.2. The van der Waals surface area contributed by atoms with Gasteiger partial charge < -0.3 is 24.5 Å². The molecule has 1 aromatic heterocycles. The predicted octanol–water partition coefficient (Wildman–Crippen LogP) is 1.07. The quantitative estimate of drug-likeness (QED) is 0.594. The second kappa shape index (κ2) is 8.72. The highest BCUT2D eigenvalue weighted by Crippen LogP contribution is 2.42. The van der Waals surface area contributed by atoms with Crippen molar-refractivity contribution in [1.29, 1.82) is 0 Å². The van der Waals surface area contributed by atoms with Crippen LogP contribution in [0, 0.1) is 5.41 Å². The zero-order valence-corrected chi connectivity index (χ0v) is 19.6. The van der Waals surface area contributed by atoms with Gasteiger partial charge in [-0.15, -0.1) is 0 Å². The minimum atomic E-state index is -1.64. The Morgan fingerprint density at radius 1 is 1.22 bits per heavy atom. The van der Waals surface area contributed by atoms with Gasteiger partial charge in [0.1, 0.15) is 11.6 Å². The van der Waals surface area contributed by atoms with Crippen molar-refractivity contribution < 1.29 is 19.6 Å². The van der Waals surface area contributed by atoms with Gasteiger partial charge in [-0.05, 0) is 49.5 Å². The summed E-state index contributed by atoms with van der Waals surface area (Å²) >= 11 is 0. The summed E-state index contributed by atoms with van der Waals surface area (Å²) in [5.41, 5.74) is 6.32. The van der Waals surface area contributed by atoms with E-state index < -0.39 is 12.4 Å². The molecule has 2 heterocycles. The summed E-state index contributed by atoms with van der Waals surface area (Å²) in [7, 11) is 4.04. The third kappa shape index (κ3) is 4.15. The molecule has 1 aromatic carbocycles. The highest BCUT2D eigenvalue weighted by Gasteiger charge is 2.50. The summed E-state index contributed by atoms with van der Waals surface area (Å²) in [6, 6.07) is 7.67. The standard InChI is InChI=1S/C23H33BN4O4/c1-22(2)12-16-17(10-19(22)31-5)26-20(13-28(3)4)27-21(16)23(24(29)30)11-15-8-6-7-9-18(15)32-25-14-23/h6-9,19,25,29-30H,10-14H2,1-5H3. The average Bonchev–Trinajstić information content (AvgIpc) is 2.92. The number of methoxy groups -OCH3 is 1. The van der Waals surface area contributed by atoms with Gasteiger partial charge in [0.15, 0.2) is 0 Å². The molecule has 172 valence electrons. The number of aromatic nitrogens is 2. The lowest BCUT2D eigenvalue weighted by molar-refractivity contribution is -0.000750. The molecule has 9 heteroatoms. The van der Waals surface area contributed by atoms with E-state index in [4.69, 9.17) is 19.5 Å². The molecule has 2 aliphatic rings. The Balaban J connectivity index is 1.92. The van der Waals surface area contributed by atoms with Gasteiger partial charge in [0.25, 0.3) is 0 Å². The van der Waals surface area contributed by atoms with Gasteiger partial charge in [0, 0.05) is 20.1 Å². The fourth-order valence-electron chi connectivity index (χ4n) is 4.99. The number of hydrogen-bond donors (Lipinski definition) is 3. The normalized spacial score (nSPS) is 24.3. The number of hydrogen-bond acceptors (Lipinski definition) is 8. The van der Waals surface area contributed by atoms with Crippen molar-refractivity contribution in [1.82, 2.24) is 20.3 Å². The predicted molar refractivity (Wildman–Crippen MR) is 122 cm³/mol. The number of hydroxylamine groups is 1. The fraction of sp³-hybridized carbons (Fsp3) is 0.565. The second-order valence-electron chi connectivity index (χ2n) is 9.98.